The molecule has 6 heteroatoms. The zero-order chi connectivity index (χ0) is 14.3. The summed E-state index contributed by atoms with van der Waals surface area (Å²) in [7, 11) is 1.95. The van der Waals surface area contributed by atoms with Gasteiger partial charge in [0.2, 0.25) is 11.8 Å². The van der Waals surface area contributed by atoms with Crippen LogP contribution in [0.1, 0.15) is 26.2 Å². The molecule has 0 bridgehead atoms. The molecule has 3 rings (SSSR count). The topological polar surface area (TPSA) is 52.7 Å². The van der Waals surface area contributed by atoms with Crippen LogP contribution in [0.25, 0.3) is 0 Å². The molecule has 1 N–H and O–H groups in total. The van der Waals surface area contributed by atoms with Crippen molar-refractivity contribution in [3.8, 4) is 0 Å². The Morgan fingerprint density at radius 1 is 1.55 bits per heavy atom. The van der Waals surface area contributed by atoms with Gasteiger partial charge in [-0.15, -0.1) is 11.8 Å². The molecule has 3 heterocycles. The second kappa shape index (κ2) is 5.22. The number of hydrogen-bond acceptors (Lipinski definition) is 4. The number of fused-ring (bicyclic) bond motifs is 1. The van der Waals surface area contributed by atoms with Crippen LogP contribution in [0.15, 0.2) is 0 Å². The molecule has 0 radical (unpaired) electrons. The summed E-state index contributed by atoms with van der Waals surface area (Å²) >= 11 is 1.77. The Morgan fingerprint density at radius 2 is 2.35 bits per heavy atom. The fourth-order valence-corrected chi connectivity index (χ4v) is 5.13. The first-order valence-corrected chi connectivity index (χ1v) is 8.43. The van der Waals surface area contributed by atoms with E-state index >= 15 is 0 Å². The molecule has 3 unspecified atom stereocenters. The van der Waals surface area contributed by atoms with Crippen LogP contribution in [0.5, 0.6) is 0 Å². The molecule has 3 fully saturated rings. The summed E-state index contributed by atoms with van der Waals surface area (Å²) in [6.45, 7) is 4.73. The van der Waals surface area contributed by atoms with Crippen LogP contribution in [-0.2, 0) is 9.59 Å². The minimum Gasteiger partial charge on any atom is -0.341 e. The second-order valence-electron chi connectivity index (χ2n) is 6.26. The van der Waals surface area contributed by atoms with E-state index in [-0.39, 0.29) is 22.7 Å². The van der Waals surface area contributed by atoms with Crippen molar-refractivity contribution >= 4 is 23.6 Å². The molecule has 2 amide bonds. The number of nitrogens with one attached hydrogen (secondary N) is 1. The number of amides is 2. The average Bonchev–Trinajstić information content (AvgIpc) is 3.07. The van der Waals surface area contributed by atoms with E-state index in [1.165, 1.54) is 0 Å². The molecule has 3 saturated heterocycles. The predicted octanol–water partition coefficient (Wildman–Crippen LogP) is 0.508. The quantitative estimate of drug-likeness (QED) is 0.825. The summed E-state index contributed by atoms with van der Waals surface area (Å²) in [5.41, 5.74) is 0. The number of carbonyl (C=O) groups is 2. The van der Waals surface area contributed by atoms with Crippen molar-refractivity contribution in [3.05, 3.63) is 0 Å². The molecule has 3 atom stereocenters. The van der Waals surface area contributed by atoms with E-state index in [2.05, 4.69) is 12.2 Å². The third-order valence-corrected chi connectivity index (χ3v) is 6.33. The van der Waals surface area contributed by atoms with Crippen LogP contribution >= 0.6 is 11.8 Å². The largest absolute Gasteiger partial charge is 0.341 e. The van der Waals surface area contributed by atoms with Crippen molar-refractivity contribution in [1.82, 2.24) is 15.1 Å². The third kappa shape index (κ3) is 2.22. The number of carbonyl (C=O) groups excluding carboxylic acids is 2. The Labute approximate surface area is 124 Å². The fraction of sp³-hybridized carbons (Fsp3) is 0.857. The maximum absolute atomic E-state index is 12.7. The number of nitrogens with zero attached hydrogens (tertiary/aromatic N) is 2. The zero-order valence-electron chi connectivity index (χ0n) is 12.2. The second-order valence-corrected chi connectivity index (χ2v) is 7.76. The Hall–Kier alpha value is -0.750. The third-order valence-electron chi connectivity index (χ3n) is 4.82. The van der Waals surface area contributed by atoms with Crippen LogP contribution in [0.4, 0.5) is 0 Å². The van der Waals surface area contributed by atoms with Crippen molar-refractivity contribution < 1.29 is 9.59 Å². The van der Waals surface area contributed by atoms with E-state index in [0.717, 1.165) is 38.2 Å². The van der Waals surface area contributed by atoms with Gasteiger partial charge < -0.3 is 15.1 Å². The zero-order valence-corrected chi connectivity index (χ0v) is 13.0. The molecule has 0 aromatic heterocycles. The Bertz CT molecular complexity index is 431. The molecule has 0 spiro atoms. The maximum atomic E-state index is 12.7. The van der Waals surface area contributed by atoms with Crippen LogP contribution in [0, 0.1) is 5.92 Å². The molecule has 3 aliphatic rings. The first kappa shape index (κ1) is 14.2. The summed E-state index contributed by atoms with van der Waals surface area (Å²) in [5, 5.41) is 3.18. The summed E-state index contributed by atoms with van der Waals surface area (Å²) < 4.78 is 0. The lowest BCUT2D eigenvalue weighted by atomic mass is 10.1. The van der Waals surface area contributed by atoms with Gasteiger partial charge in [-0.25, -0.2) is 0 Å². The summed E-state index contributed by atoms with van der Waals surface area (Å²) in [5.74, 6) is 1.63. The first-order chi connectivity index (χ1) is 9.55. The minimum absolute atomic E-state index is 0.137. The molecule has 0 aromatic carbocycles. The molecular formula is C14H23N3O2S. The first-order valence-electron chi connectivity index (χ1n) is 7.44. The lowest BCUT2D eigenvalue weighted by Gasteiger charge is -2.31. The lowest BCUT2D eigenvalue weighted by molar-refractivity contribution is -0.143. The van der Waals surface area contributed by atoms with Gasteiger partial charge >= 0.3 is 0 Å². The van der Waals surface area contributed by atoms with Crippen molar-refractivity contribution in [2.75, 3.05) is 32.4 Å². The van der Waals surface area contributed by atoms with E-state index in [4.69, 9.17) is 0 Å². The van der Waals surface area contributed by atoms with Crippen molar-refractivity contribution in [2.45, 2.75) is 37.1 Å². The highest BCUT2D eigenvalue weighted by Crippen LogP contribution is 2.47. The van der Waals surface area contributed by atoms with Gasteiger partial charge in [-0.2, -0.15) is 0 Å². The molecule has 0 aliphatic carbocycles. The number of thioether (sulfide) groups is 1. The van der Waals surface area contributed by atoms with Crippen LogP contribution < -0.4 is 5.32 Å². The lowest BCUT2D eigenvalue weighted by Crippen LogP contribution is -2.51. The Kier molecular flexibility index (Phi) is 3.71. The van der Waals surface area contributed by atoms with Crippen LogP contribution in [0.3, 0.4) is 0 Å². The normalized spacial score (nSPS) is 36.8. The van der Waals surface area contributed by atoms with Gasteiger partial charge in [-0.1, -0.05) is 0 Å². The molecule has 112 valence electrons. The smallest absolute Gasteiger partial charge is 0.246 e. The fourth-order valence-electron chi connectivity index (χ4n) is 3.70. The minimum atomic E-state index is -0.228. The van der Waals surface area contributed by atoms with E-state index in [1.54, 1.807) is 11.8 Å². The SMILES string of the molecule is CNCC1CCN(C(=O)C2CSC3(C)CCC(=O)N23)C1. The molecule has 0 aromatic rings. The summed E-state index contributed by atoms with van der Waals surface area (Å²) in [6.07, 6.45) is 2.54. The number of rotatable bonds is 3. The highest BCUT2D eigenvalue weighted by molar-refractivity contribution is 8.01. The molecule has 0 saturated carbocycles. The van der Waals surface area contributed by atoms with E-state index in [1.807, 2.05) is 16.8 Å². The van der Waals surface area contributed by atoms with Gasteiger partial charge in [0, 0.05) is 25.3 Å². The van der Waals surface area contributed by atoms with Gasteiger partial charge in [-0.3, -0.25) is 9.59 Å². The van der Waals surface area contributed by atoms with E-state index in [9.17, 15) is 9.59 Å². The van der Waals surface area contributed by atoms with Crippen molar-refractivity contribution in [1.29, 1.82) is 0 Å². The molecule has 5 nitrogen and oxygen atoms in total. The van der Waals surface area contributed by atoms with Crippen molar-refractivity contribution in [3.63, 3.8) is 0 Å². The van der Waals surface area contributed by atoms with Crippen LogP contribution in [0.2, 0.25) is 0 Å². The number of hydrogen-bond donors (Lipinski definition) is 1. The highest BCUT2D eigenvalue weighted by Gasteiger charge is 2.53. The van der Waals surface area contributed by atoms with Gasteiger partial charge in [0.05, 0.1) is 4.87 Å². The van der Waals surface area contributed by atoms with Crippen molar-refractivity contribution in [2.24, 2.45) is 5.92 Å². The standard InChI is InChI=1S/C14H23N3O2S/c1-14-5-3-12(18)17(14)11(9-20-14)13(19)16-6-4-10(8-16)7-15-2/h10-11,15H,3-9H2,1-2H3. The summed E-state index contributed by atoms with van der Waals surface area (Å²) in [4.78, 5) is 28.5. The van der Waals surface area contributed by atoms with Gasteiger partial charge in [0.25, 0.3) is 0 Å². The van der Waals surface area contributed by atoms with Crippen LogP contribution in [-0.4, -0.2) is 65.0 Å². The van der Waals surface area contributed by atoms with Gasteiger partial charge in [-0.05, 0) is 39.3 Å². The molecule has 20 heavy (non-hydrogen) atoms. The Balaban J connectivity index is 1.68. The average molecular weight is 297 g/mol. The highest BCUT2D eigenvalue weighted by atomic mass is 32.2. The molecule has 3 aliphatic heterocycles. The number of likely N-dealkylation sites (tertiary alicyclic amines) is 1. The predicted molar refractivity (Wildman–Crippen MR) is 79.3 cm³/mol. The Morgan fingerprint density at radius 3 is 3.10 bits per heavy atom. The molecular weight excluding hydrogens is 274 g/mol. The maximum Gasteiger partial charge on any atom is 0.246 e. The van der Waals surface area contributed by atoms with E-state index in [0.29, 0.717) is 12.3 Å². The van der Waals surface area contributed by atoms with Gasteiger partial charge in [0.15, 0.2) is 0 Å². The van der Waals surface area contributed by atoms with E-state index < -0.39 is 0 Å². The monoisotopic (exact) mass is 297 g/mol. The summed E-state index contributed by atoms with van der Waals surface area (Å²) in [6, 6.07) is -0.228. The van der Waals surface area contributed by atoms with Gasteiger partial charge in [0.1, 0.15) is 6.04 Å².